The van der Waals surface area contributed by atoms with Gasteiger partial charge in [0, 0.05) is 6.42 Å². The quantitative estimate of drug-likeness (QED) is 0.317. The van der Waals surface area contributed by atoms with Crippen LogP contribution in [0.4, 0.5) is 0 Å². The largest absolute Gasteiger partial charge is 0.545 e. The van der Waals surface area contributed by atoms with Gasteiger partial charge in [0.2, 0.25) is 16.6 Å². The van der Waals surface area contributed by atoms with E-state index in [0.29, 0.717) is 23.2 Å². The minimum absolute atomic E-state index is 0.0294. The molecule has 0 heterocycles. The fraction of sp³-hybridized carbons (Fsp3) is 0.833. The first kappa shape index (κ1) is 27.2. The third kappa shape index (κ3) is 5.56. The van der Waals surface area contributed by atoms with Gasteiger partial charge in [0.25, 0.3) is 5.97 Å². The van der Waals surface area contributed by atoms with Crippen LogP contribution >= 0.6 is 0 Å². The van der Waals surface area contributed by atoms with Crippen LogP contribution in [-0.2, 0) is 13.6 Å². The molecule has 0 aromatic carbocycles. The monoisotopic (exact) mass is 516 g/mol. The van der Waals surface area contributed by atoms with E-state index in [4.69, 9.17) is 8.85 Å². The second kappa shape index (κ2) is 9.49. The minimum Gasteiger partial charge on any atom is -0.545 e. The predicted molar refractivity (Wildman–Crippen MR) is 151 cm³/mol. The number of carbonyl (C=O) groups excluding carboxylic acids is 1. The van der Waals surface area contributed by atoms with E-state index in [9.17, 15) is 4.79 Å². The number of rotatable bonds is 7. The Hall–Kier alpha value is -0.816. The Labute approximate surface area is 217 Å². The lowest BCUT2D eigenvalue weighted by atomic mass is 9.47. The van der Waals surface area contributed by atoms with E-state index >= 15 is 0 Å². The molecule has 0 aromatic rings. The summed E-state index contributed by atoms with van der Waals surface area (Å²) in [5.41, 5.74) is 2.43. The molecule has 3 fully saturated rings. The van der Waals surface area contributed by atoms with Crippen molar-refractivity contribution >= 4 is 22.6 Å². The summed E-state index contributed by atoms with van der Waals surface area (Å²) in [6, 6.07) is 0. The van der Waals surface area contributed by atoms with E-state index in [1.165, 1.54) is 38.5 Å². The van der Waals surface area contributed by atoms with Gasteiger partial charge >= 0.3 is 0 Å². The van der Waals surface area contributed by atoms with Crippen molar-refractivity contribution < 1.29 is 13.6 Å². The molecule has 4 rings (SSSR count). The average molecular weight is 517 g/mol. The van der Waals surface area contributed by atoms with Crippen molar-refractivity contribution in [3.05, 3.63) is 23.5 Å². The highest BCUT2D eigenvalue weighted by Crippen LogP contribution is 2.67. The molecule has 198 valence electrons. The SMILES string of the molecule is C[C@H](CCC(=O)O[Si](C)(C)C)[C@H]1CCC2C3CCC4=CC(O[Si](C)(C)C)=CC[C@]4(C)C3CC[C@@]21C. The molecule has 0 aromatic heterocycles. The van der Waals surface area contributed by atoms with Gasteiger partial charge in [0.15, 0.2) is 0 Å². The zero-order valence-corrected chi connectivity index (χ0v) is 26.1. The highest BCUT2D eigenvalue weighted by molar-refractivity contribution is 6.71. The molecule has 35 heavy (non-hydrogen) atoms. The standard InChI is InChI=1S/C30H52O3Si2/c1-21(10-15-28(31)33-35(7,8)9)25-13-14-26-24-12-11-22-20-23(32-34(4,5)6)16-18-29(22,2)27(24)17-19-30(25,26)3/h16,20-21,24-27H,10-15,17-19H2,1-9H3/t21-,24?,25-,26?,27?,29+,30-/m1/s1. The second-order valence-corrected chi connectivity index (χ2v) is 23.7. The molecule has 4 aliphatic carbocycles. The van der Waals surface area contributed by atoms with E-state index in [1.807, 2.05) is 0 Å². The van der Waals surface area contributed by atoms with Crippen LogP contribution in [0.5, 0.6) is 0 Å². The van der Waals surface area contributed by atoms with Gasteiger partial charge in [-0.1, -0.05) is 26.3 Å². The first-order valence-electron chi connectivity index (χ1n) is 14.4. The smallest absolute Gasteiger partial charge is 0.292 e. The number of hydrogen-bond acceptors (Lipinski definition) is 3. The molecule has 0 saturated heterocycles. The summed E-state index contributed by atoms with van der Waals surface area (Å²) < 4.78 is 12.1. The molecular formula is C30H52O3Si2. The summed E-state index contributed by atoms with van der Waals surface area (Å²) in [5.74, 6) is 5.05. The molecule has 3 unspecified atom stereocenters. The van der Waals surface area contributed by atoms with Crippen LogP contribution in [-0.4, -0.2) is 22.6 Å². The van der Waals surface area contributed by atoms with Crippen LogP contribution in [0.2, 0.25) is 39.3 Å². The number of fused-ring (bicyclic) bond motifs is 5. The topological polar surface area (TPSA) is 35.5 Å². The normalized spacial score (nSPS) is 37.9. The van der Waals surface area contributed by atoms with E-state index in [-0.39, 0.29) is 5.97 Å². The summed E-state index contributed by atoms with van der Waals surface area (Å²) in [7, 11) is -3.36. The Balaban J connectivity index is 1.43. The van der Waals surface area contributed by atoms with Crippen LogP contribution in [0.25, 0.3) is 0 Å². The molecule has 3 nitrogen and oxygen atoms in total. The molecule has 0 spiro atoms. The predicted octanol–water partition coefficient (Wildman–Crippen LogP) is 8.71. The van der Waals surface area contributed by atoms with E-state index in [1.54, 1.807) is 5.57 Å². The molecule has 7 atom stereocenters. The second-order valence-electron chi connectivity index (χ2n) is 14.9. The maximum atomic E-state index is 12.4. The Morgan fingerprint density at radius 1 is 1.03 bits per heavy atom. The maximum Gasteiger partial charge on any atom is 0.292 e. The molecule has 3 saturated carbocycles. The van der Waals surface area contributed by atoms with Crippen molar-refractivity contribution in [3.63, 3.8) is 0 Å². The van der Waals surface area contributed by atoms with Gasteiger partial charge in [-0.3, -0.25) is 4.79 Å². The lowest BCUT2D eigenvalue weighted by molar-refractivity contribution is -0.135. The highest BCUT2D eigenvalue weighted by Gasteiger charge is 2.59. The molecule has 5 heteroatoms. The van der Waals surface area contributed by atoms with Crippen molar-refractivity contribution in [1.82, 2.24) is 0 Å². The average Bonchev–Trinajstić information content (AvgIpc) is 3.07. The molecule has 0 aliphatic heterocycles. The molecule has 0 N–H and O–H groups in total. The molecule has 4 aliphatic rings. The van der Waals surface area contributed by atoms with E-state index < -0.39 is 16.6 Å². The van der Waals surface area contributed by atoms with Crippen molar-refractivity contribution in [2.45, 2.75) is 118 Å². The lowest BCUT2D eigenvalue weighted by Gasteiger charge is -2.58. The summed E-state index contributed by atoms with van der Waals surface area (Å²) in [4.78, 5) is 12.4. The first-order valence-corrected chi connectivity index (χ1v) is 21.3. The maximum absolute atomic E-state index is 12.4. The van der Waals surface area contributed by atoms with Crippen LogP contribution < -0.4 is 0 Å². The lowest BCUT2D eigenvalue weighted by Crippen LogP contribution is -2.50. The Kier molecular flexibility index (Phi) is 7.38. The van der Waals surface area contributed by atoms with E-state index in [0.717, 1.165) is 42.3 Å². The van der Waals surface area contributed by atoms with Gasteiger partial charge in [-0.05, 0) is 143 Å². The van der Waals surface area contributed by atoms with Crippen LogP contribution in [0.3, 0.4) is 0 Å². The van der Waals surface area contributed by atoms with Crippen molar-refractivity contribution in [2.75, 3.05) is 0 Å². The van der Waals surface area contributed by atoms with Crippen LogP contribution in [0.1, 0.15) is 78.6 Å². The molecular weight excluding hydrogens is 464 g/mol. The van der Waals surface area contributed by atoms with Gasteiger partial charge in [0.1, 0.15) is 0 Å². The minimum atomic E-state index is -1.79. The molecule has 0 bridgehead atoms. The first-order chi connectivity index (χ1) is 16.1. The number of hydrogen-bond donors (Lipinski definition) is 0. The van der Waals surface area contributed by atoms with E-state index in [2.05, 4.69) is 72.2 Å². The Morgan fingerprint density at radius 2 is 1.74 bits per heavy atom. The van der Waals surface area contributed by atoms with Gasteiger partial charge in [-0.25, -0.2) is 0 Å². The fourth-order valence-electron chi connectivity index (χ4n) is 8.73. The zero-order chi connectivity index (χ0) is 25.8. The van der Waals surface area contributed by atoms with Crippen molar-refractivity contribution in [3.8, 4) is 0 Å². The Bertz CT molecular complexity index is 879. The molecule has 0 radical (unpaired) electrons. The van der Waals surface area contributed by atoms with Gasteiger partial charge in [0.05, 0.1) is 5.76 Å². The highest BCUT2D eigenvalue weighted by atomic mass is 28.4. The summed E-state index contributed by atoms with van der Waals surface area (Å²) in [5, 5.41) is 0. The fourth-order valence-corrected chi connectivity index (χ4v) is 10.4. The van der Waals surface area contributed by atoms with Gasteiger partial charge in [-0.15, -0.1) is 0 Å². The zero-order valence-electron chi connectivity index (χ0n) is 24.1. The van der Waals surface area contributed by atoms with Crippen molar-refractivity contribution in [2.24, 2.45) is 40.4 Å². The summed E-state index contributed by atoms with van der Waals surface area (Å²) >= 11 is 0. The number of allylic oxidation sites excluding steroid dienone is 3. The molecule has 0 amide bonds. The Morgan fingerprint density at radius 3 is 2.40 bits per heavy atom. The summed E-state index contributed by atoms with van der Waals surface area (Å²) in [6.07, 6.45) is 15.7. The third-order valence-corrected chi connectivity index (χ3v) is 11.9. The van der Waals surface area contributed by atoms with Crippen LogP contribution in [0, 0.1) is 40.4 Å². The third-order valence-electron chi connectivity index (χ3n) is 10.2. The van der Waals surface area contributed by atoms with Gasteiger partial charge < -0.3 is 8.85 Å². The van der Waals surface area contributed by atoms with Crippen molar-refractivity contribution in [1.29, 1.82) is 0 Å². The van der Waals surface area contributed by atoms with Crippen LogP contribution in [0.15, 0.2) is 23.5 Å². The number of carbonyl (C=O) groups is 1. The summed E-state index contributed by atoms with van der Waals surface area (Å²) in [6.45, 7) is 20.8. The van der Waals surface area contributed by atoms with Gasteiger partial charge in [-0.2, -0.15) is 0 Å².